The van der Waals surface area contributed by atoms with Gasteiger partial charge in [-0.1, -0.05) is 53.2 Å². The molecule has 1 heterocycles. The summed E-state index contributed by atoms with van der Waals surface area (Å²) < 4.78 is 30.8. The Hall–Kier alpha value is -2.03. The first-order valence-corrected chi connectivity index (χ1v) is 9.01. The summed E-state index contributed by atoms with van der Waals surface area (Å²) >= 11 is 13.4. The first-order valence-electron chi connectivity index (χ1n) is 7.27. The van der Waals surface area contributed by atoms with Gasteiger partial charge in [-0.05, 0) is 24.3 Å². The number of hydrogen-bond donors (Lipinski definition) is 1. The topological polar surface area (TPSA) is 66.0 Å². The lowest BCUT2D eigenvalue weighted by molar-refractivity contribution is -0.0503. The van der Waals surface area contributed by atoms with Crippen LogP contribution >= 0.6 is 35.0 Å². The molecule has 2 aromatic carbocycles. The van der Waals surface area contributed by atoms with E-state index in [9.17, 15) is 8.78 Å². The first kappa shape index (κ1) is 18.8. The van der Waals surface area contributed by atoms with E-state index in [0.717, 1.165) is 0 Å². The molecule has 0 atom stereocenters. The fourth-order valence-corrected chi connectivity index (χ4v) is 3.43. The number of aromatic nitrogens is 3. The van der Waals surface area contributed by atoms with Gasteiger partial charge in [0.05, 0.1) is 5.02 Å². The Bertz CT molecular complexity index is 923. The summed E-state index contributed by atoms with van der Waals surface area (Å²) in [4.78, 5) is 0. The molecule has 0 saturated carbocycles. The molecule has 10 heteroatoms. The minimum absolute atomic E-state index is 0.108. The van der Waals surface area contributed by atoms with Crippen LogP contribution in [0.3, 0.4) is 0 Å². The number of rotatable bonds is 6. The zero-order valence-electron chi connectivity index (χ0n) is 13.1. The molecule has 5 nitrogen and oxygen atoms in total. The van der Waals surface area contributed by atoms with Crippen LogP contribution in [0.5, 0.6) is 5.75 Å². The van der Waals surface area contributed by atoms with Gasteiger partial charge in [-0.3, -0.25) is 0 Å². The highest BCUT2D eigenvalue weighted by atomic mass is 35.5. The van der Waals surface area contributed by atoms with Crippen molar-refractivity contribution >= 4 is 35.0 Å². The number of benzene rings is 2. The number of nitrogens with zero attached hydrogens (tertiary/aromatic N) is 3. The number of hydrogen-bond acceptors (Lipinski definition) is 5. The van der Waals surface area contributed by atoms with Gasteiger partial charge in [0.2, 0.25) is 5.16 Å². The normalized spacial score (nSPS) is 11.1. The Morgan fingerprint density at radius 2 is 1.92 bits per heavy atom. The van der Waals surface area contributed by atoms with Gasteiger partial charge in [0.1, 0.15) is 5.75 Å². The van der Waals surface area contributed by atoms with Crippen LogP contribution in [0.4, 0.5) is 8.78 Å². The van der Waals surface area contributed by atoms with E-state index in [0.29, 0.717) is 37.9 Å². The fourth-order valence-electron chi connectivity index (χ4n) is 2.20. The van der Waals surface area contributed by atoms with E-state index in [4.69, 9.17) is 29.0 Å². The summed E-state index contributed by atoms with van der Waals surface area (Å²) in [6, 6.07) is 11.5. The van der Waals surface area contributed by atoms with Crippen molar-refractivity contribution < 1.29 is 13.5 Å². The molecule has 3 aromatic rings. The molecule has 0 fully saturated rings. The predicted octanol–water partition coefficient (Wildman–Crippen LogP) is 4.86. The van der Waals surface area contributed by atoms with E-state index >= 15 is 0 Å². The number of alkyl halides is 2. The van der Waals surface area contributed by atoms with Crippen LogP contribution in [0.25, 0.3) is 11.4 Å². The Balaban J connectivity index is 1.81. The number of nitrogen functional groups attached to an aromatic ring is 1. The smallest absolute Gasteiger partial charge is 0.387 e. The van der Waals surface area contributed by atoms with Gasteiger partial charge in [0.15, 0.2) is 5.82 Å². The van der Waals surface area contributed by atoms with E-state index in [1.54, 1.807) is 36.4 Å². The lowest BCUT2D eigenvalue weighted by atomic mass is 10.2. The summed E-state index contributed by atoms with van der Waals surface area (Å²) in [5.74, 6) is 6.83. The molecule has 0 aliphatic heterocycles. The summed E-state index contributed by atoms with van der Waals surface area (Å²) in [5.41, 5.74) is 1.13. The van der Waals surface area contributed by atoms with Gasteiger partial charge in [-0.15, -0.1) is 10.2 Å². The van der Waals surface area contributed by atoms with E-state index in [2.05, 4.69) is 14.9 Å². The highest BCUT2D eigenvalue weighted by Crippen LogP contribution is 2.32. The maximum Gasteiger partial charge on any atom is 0.387 e. The van der Waals surface area contributed by atoms with Crippen molar-refractivity contribution in [3.05, 3.63) is 58.1 Å². The molecule has 0 unspecified atom stereocenters. The van der Waals surface area contributed by atoms with E-state index in [1.165, 1.54) is 22.5 Å². The molecule has 0 radical (unpaired) electrons. The largest absolute Gasteiger partial charge is 0.435 e. The molecule has 0 aliphatic rings. The molecule has 1 aromatic heterocycles. The second-order valence-corrected chi connectivity index (χ2v) is 6.86. The Kier molecular flexibility index (Phi) is 5.85. The van der Waals surface area contributed by atoms with Crippen molar-refractivity contribution in [2.24, 2.45) is 0 Å². The maximum absolute atomic E-state index is 12.5. The molecule has 0 spiro atoms. The second-order valence-electron chi connectivity index (χ2n) is 5.08. The summed E-state index contributed by atoms with van der Waals surface area (Å²) in [6.45, 7) is -2.89. The van der Waals surface area contributed by atoms with Crippen molar-refractivity contribution in [1.82, 2.24) is 14.9 Å². The monoisotopic (exact) mass is 416 g/mol. The first-order chi connectivity index (χ1) is 12.5. The number of para-hydroxylation sites is 1. The van der Waals surface area contributed by atoms with Crippen LogP contribution in [0.1, 0.15) is 5.56 Å². The lowest BCUT2D eigenvalue weighted by Gasteiger charge is -2.10. The van der Waals surface area contributed by atoms with Crippen LogP contribution in [0.15, 0.2) is 47.6 Å². The van der Waals surface area contributed by atoms with Gasteiger partial charge in [-0.25, -0.2) is 4.68 Å². The van der Waals surface area contributed by atoms with Crippen LogP contribution in [0, 0.1) is 0 Å². The van der Waals surface area contributed by atoms with E-state index in [-0.39, 0.29) is 5.75 Å². The van der Waals surface area contributed by atoms with Gasteiger partial charge >= 0.3 is 6.61 Å². The quantitative estimate of drug-likeness (QED) is 0.459. The summed E-state index contributed by atoms with van der Waals surface area (Å²) in [7, 11) is 0. The molecule has 136 valence electrons. The number of thioether (sulfide) groups is 1. The SMILES string of the molecule is Nn1c(SCc2ccccc2OC(F)F)nnc1-c1cc(Cl)ccc1Cl. The van der Waals surface area contributed by atoms with Crippen molar-refractivity contribution in [3.8, 4) is 17.1 Å². The third-order valence-electron chi connectivity index (χ3n) is 3.38. The minimum Gasteiger partial charge on any atom is -0.435 e. The van der Waals surface area contributed by atoms with Crippen LogP contribution in [0.2, 0.25) is 10.0 Å². The second kappa shape index (κ2) is 8.11. The van der Waals surface area contributed by atoms with Gasteiger partial charge < -0.3 is 10.6 Å². The highest BCUT2D eigenvalue weighted by molar-refractivity contribution is 7.98. The molecule has 0 saturated heterocycles. The fraction of sp³-hybridized carbons (Fsp3) is 0.125. The van der Waals surface area contributed by atoms with Crippen LogP contribution in [-0.2, 0) is 5.75 Å². The Labute approximate surface area is 162 Å². The summed E-state index contributed by atoms with van der Waals surface area (Å²) in [5, 5.41) is 9.38. The third kappa shape index (κ3) is 4.20. The van der Waals surface area contributed by atoms with Gasteiger partial charge in [0.25, 0.3) is 0 Å². The summed E-state index contributed by atoms with van der Waals surface area (Å²) in [6.07, 6.45) is 0. The van der Waals surface area contributed by atoms with Gasteiger partial charge in [0, 0.05) is 21.9 Å². The molecule has 3 rings (SSSR count). The van der Waals surface area contributed by atoms with E-state index in [1.807, 2.05) is 0 Å². The third-order valence-corrected chi connectivity index (χ3v) is 4.94. The standard InChI is InChI=1S/C16H12Cl2F2N4OS/c17-10-5-6-12(18)11(7-10)14-22-23-16(24(14)21)26-8-9-3-1-2-4-13(9)25-15(19)20/h1-7,15H,8,21H2. The number of halogens is 4. The minimum atomic E-state index is -2.89. The average Bonchev–Trinajstić information content (AvgIpc) is 2.96. The Morgan fingerprint density at radius 3 is 2.69 bits per heavy atom. The number of nitrogens with two attached hydrogens (primary N) is 1. The molecular weight excluding hydrogens is 405 g/mol. The predicted molar refractivity (Wildman–Crippen MR) is 98.3 cm³/mol. The molecule has 0 aliphatic carbocycles. The van der Waals surface area contributed by atoms with Crippen molar-refractivity contribution in [2.75, 3.05) is 5.84 Å². The van der Waals surface area contributed by atoms with Crippen LogP contribution < -0.4 is 10.6 Å². The van der Waals surface area contributed by atoms with Gasteiger partial charge in [-0.2, -0.15) is 8.78 Å². The number of ether oxygens (including phenoxy) is 1. The van der Waals surface area contributed by atoms with Crippen molar-refractivity contribution in [2.45, 2.75) is 17.5 Å². The van der Waals surface area contributed by atoms with Crippen molar-refractivity contribution in [1.29, 1.82) is 0 Å². The lowest BCUT2D eigenvalue weighted by Crippen LogP contribution is -2.12. The maximum atomic E-state index is 12.5. The Morgan fingerprint density at radius 1 is 1.15 bits per heavy atom. The van der Waals surface area contributed by atoms with Crippen LogP contribution in [-0.4, -0.2) is 21.5 Å². The zero-order chi connectivity index (χ0) is 18.7. The molecule has 0 bridgehead atoms. The van der Waals surface area contributed by atoms with Crippen molar-refractivity contribution in [3.63, 3.8) is 0 Å². The zero-order valence-corrected chi connectivity index (χ0v) is 15.4. The molecule has 2 N–H and O–H groups in total. The molecular formula is C16H12Cl2F2N4OS. The highest BCUT2D eigenvalue weighted by Gasteiger charge is 2.16. The molecule has 0 amide bonds. The van der Waals surface area contributed by atoms with E-state index < -0.39 is 6.61 Å². The molecule has 26 heavy (non-hydrogen) atoms. The average molecular weight is 417 g/mol.